The molecule has 0 saturated heterocycles. The van der Waals surface area contributed by atoms with E-state index >= 15 is 0 Å². The molecule has 7 nitrogen and oxygen atoms in total. The van der Waals surface area contributed by atoms with Crippen LogP contribution in [-0.4, -0.2) is 28.1 Å². The van der Waals surface area contributed by atoms with Crippen LogP contribution in [0.15, 0.2) is 53.5 Å². The molecular formula is C19H16N2O5. The van der Waals surface area contributed by atoms with Gasteiger partial charge in [-0.15, -0.1) is 0 Å². The third-order valence-corrected chi connectivity index (χ3v) is 4.07. The van der Waals surface area contributed by atoms with E-state index in [0.29, 0.717) is 22.8 Å². The summed E-state index contributed by atoms with van der Waals surface area (Å²) in [5.41, 5.74) is 1.56. The lowest BCUT2D eigenvalue weighted by molar-refractivity contribution is -0.156. The number of carbonyl (C=O) groups is 1. The van der Waals surface area contributed by atoms with Gasteiger partial charge in [-0.1, -0.05) is 18.2 Å². The summed E-state index contributed by atoms with van der Waals surface area (Å²) in [6, 6.07) is 12.1. The first-order valence-corrected chi connectivity index (χ1v) is 8.15. The highest BCUT2D eigenvalue weighted by molar-refractivity contribution is 5.76. The average Bonchev–Trinajstić information content (AvgIpc) is 2.66. The maximum absolute atomic E-state index is 12.3. The Balaban J connectivity index is 1.48. The minimum atomic E-state index is -0.854. The number of aromatic nitrogens is 2. The lowest BCUT2D eigenvalue weighted by Crippen LogP contribution is -2.37. The topological polar surface area (TPSA) is 79.1 Å². The van der Waals surface area contributed by atoms with Gasteiger partial charge in [-0.2, -0.15) is 0 Å². The summed E-state index contributed by atoms with van der Waals surface area (Å²) in [5.74, 6) is 0.529. The maximum atomic E-state index is 12.3. The Hall–Kier alpha value is -3.35. The van der Waals surface area contributed by atoms with Crippen molar-refractivity contribution in [1.82, 2.24) is 9.38 Å². The molecule has 3 heterocycles. The van der Waals surface area contributed by atoms with Crippen molar-refractivity contribution in [2.75, 3.05) is 6.61 Å². The van der Waals surface area contributed by atoms with Crippen LogP contribution in [-0.2, 0) is 16.1 Å². The number of esters is 1. The first kappa shape index (κ1) is 16.1. The second kappa shape index (κ2) is 6.51. The van der Waals surface area contributed by atoms with Gasteiger partial charge in [-0.25, -0.2) is 9.78 Å². The molecule has 0 fully saturated rings. The normalized spacial score (nSPS) is 15.7. The van der Waals surface area contributed by atoms with Gasteiger partial charge in [0.25, 0.3) is 5.56 Å². The van der Waals surface area contributed by atoms with Crippen LogP contribution in [0.1, 0.15) is 11.3 Å². The van der Waals surface area contributed by atoms with E-state index in [2.05, 4.69) is 4.98 Å². The fraction of sp³-hybridized carbons (Fsp3) is 0.211. The molecule has 0 radical (unpaired) electrons. The van der Waals surface area contributed by atoms with Gasteiger partial charge in [0.15, 0.2) is 11.5 Å². The van der Waals surface area contributed by atoms with Crippen LogP contribution in [0.2, 0.25) is 0 Å². The number of nitrogens with zero attached hydrogens (tertiary/aromatic N) is 2. The number of para-hydroxylation sites is 2. The Morgan fingerprint density at radius 2 is 2.08 bits per heavy atom. The number of carbonyl (C=O) groups excluding carboxylic acids is 1. The molecule has 0 spiro atoms. The minimum absolute atomic E-state index is 0.0722. The Morgan fingerprint density at radius 1 is 1.27 bits per heavy atom. The fourth-order valence-electron chi connectivity index (χ4n) is 2.76. The Bertz CT molecular complexity index is 1040. The molecule has 4 rings (SSSR count). The van der Waals surface area contributed by atoms with Crippen LogP contribution >= 0.6 is 0 Å². The van der Waals surface area contributed by atoms with Crippen molar-refractivity contribution >= 4 is 11.6 Å². The highest BCUT2D eigenvalue weighted by Gasteiger charge is 2.28. The molecular weight excluding hydrogens is 336 g/mol. The average molecular weight is 352 g/mol. The molecule has 7 heteroatoms. The number of hydrogen-bond donors (Lipinski definition) is 0. The highest BCUT2D eigenvalue weighted by atomic mass is 16.6. The van der Waals surface area contributed by atoms with E-state index in [4.69, 9.17) is 14.2 Å². The second-order valence-electron chi connectivity index (χ2n) is 5.94. The monoisotopic (exact) mass is 352 g/mol. The van der Waals surface area contributed by atoms with E-state index in [9.17, 15) is 9.59 Å². The lowest BCUT2D eigenvalue weighted by Gasteiger charge is -2.24. The standard InChI is InChI=1S/C19H16N2O5/c1-12-5-4-8-21-17(22)9-13(20-18(12)21)10-25-19(23)16-11-24-14-6-2-3-7-15(14)26-16/h2-9,16H,10-11H2,1H3/t16-/m0/s1. The van der Waals surface area contributed by atoms with Crippen LogP contribution in [0, 0.1) is 6.92 Å². The Kier molecular flexibility index (Phi) is 4.04. The maximum Gasteiger partial charge on any atom is 0.351 e. The lowest BCUT2D eigenvalue weighted by atomic mass is 10.2. The van der Waals surface area contributed by atoms with Crippen molar-refractivity contribution in [3.05, 3.63) is 70.3 Å². The van der Waals surface area contributed by atoms with Crippen molar-refractivity contribution in [3.63, 3.8) is 0 Å². The van der Waals surface area contributed by atoms with E-state index < -0.39 is 12.1 Å². The summed E-state index contributed by atoms with van der Waals surface area (Å²) in [7, 11) is 0. The largest absolute Gasteiger partial charge is 0.485 e. The van der Waals surface area contributed by atoms with Gasteiger partial charge in [0.05, 0.1) is 5.69 Å². The van der Waals surface area contributed by atoms with Crippen molar-refractivity contribution in [1.29, 1.82) is 0 Å². The molecule has 0 bridgehead atoms. The van der Waals surface area contributed by atoms with E-state index in [1.165, 1.54) is 10.5 Å². The molecule has 0 N–H and O–H groups in total. The number of hydrogen-bond acceptors (Lipinski definition) is 6. The third kappa shape index (κ3) is 2.99. The van der Waals surface area contributed by atoms with Gasteiger partial charge < -0.3 is 14.2 Å². The fourth-order valence-corrected chi connectivity index (χ4v) is 2.76. The molecule has 1 aliphatic rings. The summed E-state index contributed by atoms with van der Waals surface area (Å²) < 4.78 is 17.8. The quantitative estimate of drug-likeness (QED) is 0.670. The summed E-state index contributed by atoms with van der Waals surface area (Å²) in [6.07, 6.45) is 0.797. The van der Waals surface area contributed by atoms with Gasteiger partial charge in [-0.3, -0.25) is 9.20 Å². The zero-order valence-corrected chi connectivity index (χ0v) is 14.0. The van der Waals surface area contributed by atoms with Crippen molar-refractivity contribution in [2.45, 2.75) is 19.6 Å². The minimum Gasteiger partial charge on any atom is -0.485 e. The SMILES string of the molecule is Cc1cccn2c(=O)cc(COC(=O)[C@@H]3COc4ccccc4O3)nc12. The number of aryl methyl sites for hydroxylation is 1. The van der Waals surface area contributed by atoms with Gasteiger partial charge in [0.1, 0.15) is 18.9 Å². The molecule has 0 aliphatic carbocycles. The molecule has 0 saturated carbocycles. The third-order valence-electron chi connectivity index (χ3n) is 4.07. The molecule has 1 aromatic carbocycles. The van der Waals surface area contributed by atoms with Crippen molar-refractivity contribution in [2.24, 2.45) is 0 Å². The van der Waals surface area contributed by atoms with Crippen molar-refractivity contribution in [3.8, 4) is 11.5 Å². The summed E-state index contributed by atoms with van der Waals surface area (Å²) in [4.78, 5) is 28.8. The van der Waals surface area contributed by atoms with Crippen LogP contribution in [0.5, 0.6) is 11.5 Å². The molecule has 1 aliphatic heterocycles. The van der Waals surface area contributed by atoms with Gasteiger partial charge >= 0.3 is 5.97 Å². The second-order valence-corrected chi connectivity index (χ2v) is 5.94. The van der Waals surface area contributed by atoms with Crippen LogP contribution in [0.25, 0.3) is 5.65 Å². The molecule has 0 unspecified atom stereocenters. The zero-order chi connectivity index (χ0) is 18.1. The van der Waals surface area contributed by atoms with E-state index in [1.54, 1.807) is 30.5 Å². The van der Waals surface area contributed by atoms with Crippen LogP contribution < -0.4 is 15.0 Å². The van der Waals surface area contributed by atoms with Gasteiger partial charge in [-0.05, 0) is 30.7 Å². The molecule has 2 aromatic heterocycles. The molecule has 0 amide bonds. The Labute approximate surface area is 148 Å². The first-order chi connectivity index (χ1) is 12.6. The molecule has 132 valence electrons. The smallest absolute Gasteiger partial charge is 0.351 e. The summed E-state index contributed by atoms with van der Waals surface area (Å²) in [6.45, 7) is 1.82. The number of pyridine rings is 1. The van der Waals surface area contributed by atoms with E-state index in [1.807, 2.05) is 19.1 Å². The van der Waals surface area contributed by atoms with Crippen molar-refractivity contribution < 1.29 is 19.0 Å². The summed E-state index contributed by atoms with van der Waals surface area (Å²) in [5, 5.41) is 0. The predicted molar refractivity (Wildman–Crippen MR) is 92.3 cm³/mol. The molecule has 3 aromatic rings. The van der Waals surface area contributed by atoms with Gasteiger partial charge in [0.2, 0.25) is 6.10 Å². The number of benzene rings is 1. The first-order valence-electron chi connectivity index (χ1n) is 8.15. The number of rotatable bonds is 3. The summed E-state index contributed by atoms with van der Waals surface area (Å²) >= 11 is 0. The highest BCUT2D eigenvalue weighted by Crippen LogP contribution is 2.31. The van der Waals surface area contributed by atoms with Crippen LogP contribution in [0.4, 0.5) is 0 Å². The Morgan fingerprint density at radius 3 is 2.92 bits per heavy atom. The molecule has 1 atom stereocenters. The number of ether oxygens (including phenoxy) is 3. The predicted octanol–water partition coefficient (Wildman–Crippen LogP) is 1.89. The van der Waals surface area contributed by atoms with E-state index in [-0.39, 0.29) is 18.8 Å². The zero-order valence-electron chi connectivity index (χ0n) is 14.0. The van der Waals surface area contributed by atoms with E-state index in [0.717, 1.165) is 5.56 Å². The van der Waals surface area contributed by atoms with Gasteiger partial charge in [0, 0.05) is 12.3 Å². The number of fused-ring (bicyclic) bond motifs is 2. The molecule has 26 heavy (non-hydrogen) atoms. The van der Waals surface area contributed by atoms with Crippen LogP contribution in [0.3, 0.4) is 0 Å².